The summed E-state index contributed by atoms with van der Waals surface area (Å²) in [6.07, 6.45) is 5.08. The van der Waals surface area contributed by atoms with Crippen molar-refractivity contribution < 1.29 is 14.5 Å². The zero-order chi connectivity index (χ0) is 15.7. The molecule has 2 unspecified atom stereocenters. The largest absolute Gasteiger partial charge is 0.496 e. The Morgan fingerprint density at radius 3 is 2.86 bits per heavy atom. The molecule has 0 saturated heterocycles. The van der Waals surface area contributed by atoms with E-state index in [0.717, 1.165) is 29.7 Å². The number of hydrogen-bond acceptors (Lipinski definition) is 4. The number of nitrogens with zero attached hydrogens (tertiary/aromatic N) is 1. The summed E-state index contributed by atoms with van der Waals surface area (Å²) < 4.78 is 5.40. The highest BCUT2D eigenvalue weighted by molar-refractivity contribution is 5.89. The van der Waals surface area contributed by atoms with Gasteiger partial charge < -0.3 is 4.74 Å². The van der Waals surface area contributed by atoms with Crippen molar-refractivity contribution in [3.05, 3.63) is 51.2 Å². The molecule has 0 saturated carbocycles. The fourth-order valence-corrected chi connectivity index (χ4v) is 3.79. The fourth-order valence-electron chi connectivity index (χ4n) is 3.79. The van der Waals surface area contributed by atoms with Crippen molar-refractivity contribution in [1.82, 2.24) is 0 Å². The van der Waals surface area contributed by atoms with Gasteiger partial charge in [0.1, 0.15) is 11.5 Å². The minimum Gasteiger partial charge on any atom is -0.496 e. The Morgan fingerprint density at radius 1 is 1.32 bits per heavy atom. The van der Waals surface area contributed by atoms with E-state index in [4.69, 9.17) is 4.74 Å². The van der Waals surface area contributed by atoms with Gasteiger partial charge in [0.15, 0.2) is 0 Å². The number of allylic oxidation sites excluding steroid dienone is 2. The number of hydrogen-bond donors (Lipinski definition) is 0. The third-order valence-electron chi connectivity index (χ3n) is 4.76. The van der Waals surface area contributed by atoms with Crippen molar-refractivity contribution >= 4 is 5.78 Å². The monoisotopic (exact) mass is 301 g/mol. The lowest BCUT2D eigenvalue weighted by Gasteiger charge is -2.31. The zero-order valence-electron chi connectivity index (χ0n) is 12.6. The smallest absolute Gasteiger partial charge is 0.246 e. The summed E-state index contributed by atoms with van der Waals surface area (Å²) in [6, 6.07) is 5.67. The predicted molar refractivity (Wildman–Crippen MR) is 81.5 cm³/mol. The Bertz CT molecular complexity index is 650. The second-order valence-electron chi connectivity index (χ2n) is 5.90. The Morgan fingerprint density at radius 2 is 2.14 bits per heavy atom. The van der Waals surface area contributed by atoms with E-state index in [1.54, 1.807) is 13.2 Å². The number of methoxy groups -OCH3 is 1. The van der Waals surface area contributed by atoms with Crippen molar-refractivity contribution in [1.29, 1.82) is 0 Å². The van der Waals surface area contributed by atoms with E-state index < -0.39 is 5.92 Å². The molecule has 2 aliphatic rings. The molecule has 2 atom stereocenters. The van der Waals surface area contributed by atoms with Crippen LogP contribution in [-0.4, -0.2) is 17.8 Å². The molecule has 0 amide bonds. The van der Waals surface area contributed by atoms with E-state index in [-0.39, 0.29) is 22.3 Å². The van der Waals surface area contributed by atoms with Crippen LogP contribution in [-0.2, 0) is 11.2 Å². The molecule has 0 radical (unpaired) electrons. The molecule has 0 fully saturated rings. The van der Waals surface area contributed by atoms with Crippen molar-refractivity contribution in [2.24, 2.45) is 5.92 Å². The fraction of sp³-hybridized carbons (Fsp3) is 0.471. The number of benzene rings is 1. The van der Waals surface area contributed by atoms with Crippen LogP contribution in [0.3, 0.4) is 0 Å². The van der Waals surface area contributed by atoms with Gasteiger partial charge in [-0.15, -0.1) is 0 Å². The quantitative estimate of drug-likeness (QED) is 0.634. The van der Waals surface area contributed by atoms with Gasteiger partial charge in [-0.1, -0.05) is 12.1 Å². The molecule has 0 spiro atoms. The van der Waals surface area contributed by atoms with Crippen LogP contribution in [0.15, 0.2) is 30.0 Å². The van der Waals surface area contributed by atoms with Crippen LogP contribution in [0.2, 0.25) is 0 Å². The van der Waals surface area contributed by atoms with Gasteiger partial charge in [0.25, 0.3) is 0 Å². The second kappa shape index (κ2) is 5.91. The maximum absolute atomic E-state index is 12.5. The normalized spacial score (nSPS) is 24.4. The van der Waals surface area contributed by atoms with Gasteiger partial charge in [0.2, 0.25) is 5.70 Å². The summed E-state index contributed by atoms with van der Waals surface area (Å²) in [5.74, 6) is 0.163. The summed E-state index contributed by atoms with van der Waals surface area (Å²) >= 11 is 0. The summed E-state index contributed by atoms with van der Waals surface area (Å²) in [4.78, 5) is 23.6. The molecule has 0 aromatic heterocycles. The van der Waals surface area contributed by atoms with Crippen molar-refractivity contribution in [3.8, 4) is 5.75 Å². The van der Waals surface area contributed by atoms with Crippen LogP contribution in [0, 0.1) is 16.0 Å². The van der Waals surface area contributed by atoms with E-state index >= 15 is 0 Å². The maximum atomic E-state index is 12.5. The standard InChI is InChI=1S/C17H19NO4/c1-22-16-8-4-6-12-11(16)9-10-15(19)17(12)13-5-2-3-7-14(13)18(20)21/h4,6-8,13,17H,2-3,5,9-10H2,1H3. The minimum atomic E-state index is -0.407. The molecule has 3 rings (SSSR count). The lowest BCUT2D eigenvalue weighted by Crippen LogP contribution is -2.31. The molecule has 116 valence electrons. The van der Waals surface area contributed by atoms with E-state index in [2.05, 4.69) is 0 Å². The first-order valence-corrected chi connectivity index (χ1v) is 7.66. The van der Waals surface area contributed by atoms with E-state index in [1.165, 1.54) is 0 Å². The van der Waals surface area contributed by atoms with Gasteiger partial charge in [0, 0.05) is 6.42 Å². The van der Waals surface area contributed by atoms with Gasteiger partial charge in [0.05, 0.1) is 23.9 Å². The van der Waals surface area contributed by atoms with Crippen LogP contribution in [0.5, 0.6) is 5.75 Å². The molecule has 1 aromatic carbocycles. The Hall–Kier alpha value is -2.17. The number of ketones is 1. The molecule has 5 nitrogen and oxygen atoms in total. The third kappa shape index (κ3) is 2.40. The van der Waals surface area contributed by atoms with E-state index in [9.17, 15) is 14.9 Å². The first kappa shape index (κ1) is 14.8. The van der Waals surface area contributed by atoms with E-state index in [1.807, 2.05) is 18.2 Å². The predicted octanol–water partition coefficient (Wildman–Crippen LogP) is 3.25. The molecule has 0 N–H and O–H groups in total. The molecule has 22 heavy (non-hydrogen) atoms. The van der Waals surface area contributed by atoms with Gasteiger partial charge >= 0.3 is 0 Å². The van der Waals surface area contributed by atoms with Crippen molar-refractivity contribution in [3.63, 3.8) is 0 Å². The lowest BCUT2D eigenvalue weighted by molar-refractivity contribution is -0.435. The van der Waals surface area contributed by atoms with Gasteiger partial charge in [-0.3, -0.25) is 14.9 Å². The number of Topliss-reactive ketones (excluding diaryl/α,β-unsaturated/α-hetero) is 1. The Kier molecular flexibility index (Phi) is 3.96. The van der Waals surface area contributed by atoms with E-state index in [0.29, 0.717) is 19.3 Å². The average molecular weight is 301 g/mol. The SMILES string of the molecule is COc1cccc2c1CCC(=O)C2C1CCCC=C1[N+](=O)[O-]. The minimum absolute atomic E-state index is 0.111. The number of ether oxygens (including phenoxy) is 1. The summed E-state index contributed by atoms with van der Waals surface area (Å²) in [7, 11) is 1.62. The number of rotatable bonds is 3. The molecule has 0 bridgehead atoms. The first-order valence-electron chi connectivity index (χ1n) is 7.66. The van der Waals surface area contributed by atoms with Crippen molar-refractivity contribution in [2.45, 2.75) is 38.0 Å². The maximum Gasteiger partial charge on any atom is 0.246 e. The van der Waals surface area contributed by atoms with Gasteiger partial charge in [-0.2, -0.15) is 0 Å². The molecule has 5 heteroatoms. The van der Waals surface area contributed by atoms with Gasteiger partial charge in [-0.05, 0) is 49.0 Å². The third-order valence-corrected chi connectivity index (χ3v) is 4.76. The second-order valence-corrected chi connectivity index (χ2v) is 5.90. The zero-order valence-corrected chi connectivity index (χ0v) is 12.6. The highest BCUT2D eigenvalue weighted by Gasteiger charge is 2.41. The number of fused-ring (bicyclic) bond motifs is 1. The average Bonchev–Trinajstić information content (AvgIpc) is 2.54. The molecule has 2 aliphatic carbocycles. The molecular weight excluding hydrogens is 282 g/mol. The van der Waals surface area contributed by atoms with Crippen LogP contribution < -0.4 is 4.74 Å². The number of nitro groups is 1. The molecule has 0 aliphatic heterocycles. The van der Waals surface area contributed by atoms with Crippen LogP contribution in [0.4, 0.5) is 0 Å². The Labute approximate surface area is 129 Å². The van der Waals surface area contributed by atoms with Crippen molar-refractivity contribution in [2.75, 3.05) is 7.11 Å². The molecular formula is C17H19NO4. The summed E-state index contributed by atoms with van der Waals surface area (Å²) in [5.41, 5.74) is 2.15. The topological polar surface area (TPSA) is 69.4 Å². The number of carbonyl (C=O) groups is 1. The highest BCUT2D eigenvalue weighted by atomic mass is 16.6. The lowest BCUT2D eigenvalue weighted by atomic mass is 9.70. The Balaban J connectivity index is 2.08. The van der Waals surface area contributed by atoms with Crippen LogP contribution >= 0.6 is 0 Å². The summed E-state index contributed by atoms with van der Waals surface area (Å²) in [6.45, 7) is 0. The van der Waals surface area contributed by atoms with Gasteiger partial charge in [-0.25, -0.2) is 0 Å². The summed E-state index contributed by atoms with van der Waals surface area (Å²) in [5, 5.41) is 11.4. The highest BCUT2D eigenvalue weighted by Crippen LogP contribution is 2.44. The van der Waals surface area contributed by atoms with Crippen LogP contribution in [0.25, 0.3) is 0 Å². The number of carbonyl (C=O) groups excluding carboxylic acids is 1. The first-order chi connectivity index (χ1) is 10.6. The molecule has 1 aromatic rings. The van der Waals surface area contributed by atoms with Crippen LogP contribution in [0.1, 0.15) is 42.7 Å². The molecule has 0 heterocycles.